The molecule has 1 atom stereocenters. The van der Waals surface area contributed by atoms with Crippen molar-refractivity contribution in [2.45, 2.75) is 45.3 Å². The molecule has 0 fully saturated rings. The molecule has 1 heterocycles. The van der Waals surface area contributed by atoms with Gasteiger partial charge in [0.05, 0.1) is 17.4 Å². The fraction of sp³-hybridized carbons (Fsp3) is 0.615. The van der Waals surface area contributed by atoms with Gasteiger partial charge in [0.15, 0.2) is 0 Å². The van der Waals surface area contributed by atoms with E-state index >= 15 is 0 Å². The van der Waals surface area contributed by atoms with E-state index in [2.05, 4.69) is 4.98 Å². The third kappa shape index (κ3) is 3.58. The molecule has 0 aliphatic heterocycles. The second-order valence-electron chi connectivity index (χ2n) is 4.72. The first-order chi connectivity index (χ1) is 7.46. The van der Waals surface area contributed by atoms with E-state index in [1.807, 2.05) is 32.9 Å². The van der Waals surface area contributed by atoms with Crippen molar-refractivity contribution in [3.8, 4) is 0 Å². The largest absolute Gasteiger partial charge is 0.387 e. The average Bonchev–Trinajstić information content (AvgIpc) is 2.27. The van der Waals surface area contributed by atoms with Gasteiger partial charge in [0.25, 0.3) is 0 Å². The molecule has 1 unspecified atom stereocenters. The van der Waals surface area contributed by atoms with Crippen LogP contribution in [0.4, 0.5) is 0 Å². The van der Waals surface area contributed by atoms with Crippen LogP contribution in [-0.2, 0) is 4.74 Å². The molecule has 0 spiro atoms. The Morgan fingerprint density at radius 3 is 2.75 bits per heavy atom. The van der Waals surface area contributed by atoms with Crippen LogP contribution in [0, 0.1) is 6.92 Å². The Kier molecular flexibility index (Phi) is 4.44. The van der Waals surface area contributed by atoms with Crippen LogP contribution in [-0.4, -0.2) is 22.8 Å². The van der Waals surface area contributed by atoms with Gasteiger partial charge in [-0.3, -0.25) is 4.98 Å². The van der Waals surface area contributed by atoms with E-state index < -0.39 is 6.10 Å². The minimum absolute atomic E-state index is 0.191. The molecule has 0 saturated carbocycles. The fourth-order valence-corrected chi connectivity index (χ4v) is 1.57. The smallest absolute Gasteiger partial charge is 0.0963 e. The Morgan fingerprint density at radius 2 is 2.19 bits per heavy atom. The lowest BCUT2D eigenvalue weighted by molar-refractivity contribution is 0.00235. The van der Waals surface area contributed by atoms with Gasteiger partial charge in [0.2, 0.25) is 0 Å². The molecule has 3 heteroatoms. The summed E-state index contributed by atoms with van der Waals surface area (Å²) in [5.74, 6) is 0. The van der Waals surface area contributed by atoms with E-state index in [9.17, 15) is 5.11 Å². The summed E-state index contributed by atoms with van der Waals surface area (Å²) in [6, 6.07) is 3.84. The summed E-state index contributed by atoms with van der Waals surface area (Å²) < 4.78 is 5.32. The molecule has 0 aliphatic carbocycles. The molecule has 90 valence electrons. The summed E-state index contributed by atoms with van der Waals surface area (Å²) in [4.78, 5) is 4.21. The summed E-state index contributed by atoms with van der Waals surface area (Å²) in [6.45, 7) is 6.00. The first-order valence-corrected chi connectivity index (χ1v) is 5.61. The van der Waals surface area contributed by atoms with Crippen LogP contribution >= 0.6 is 0 Å². The third-order valence-electron chi connectivity index (χ3n) is 2.94. The molecule has 1 rings (SSSR count). The Balaban J connectivity index is 2.60. The summed E-state index contributed by atoms with van der Waals surface area (Å²) >= 11 is 0. The normalized spacial score (nSPS) is 13.8. The number of methoxy groups -OCH3 is 1. The fourth-order valence-electron chi connectivity index (χ4n) is 1.57. The lowest BCUT2D eigenvalue weighted by Gasteiger charge is -2.24. The van der Waals surface area contributed by atoms with Gasteiger partial charge >= 0.3 is 0 Å². The van der Waals surface area contributed by atoms with Gasteiger partial charge in [0, 0.05) is 13.3 Å². The Bertz CT molecular complexity index is 336. The molecular weight excluding hydrogens is 202 g/mol. The Labute approximate surface area is 97.5 Å². The highest BCUT2D eigenvalue weighted by atomic mass is 16.5. The van der Waals surface area contributed by atoms with Crippen molar-refractivity contribution < 1.29 is 9.84 Å². The number of ether oxygens (including phenoxy) is 1. The van der Waals surface area contributed by atoms with Crippen molar-refractivity contribution in [3.05, 3.63) is 29.6 Å². The number of hydrogen-bond donors (Lipinski definition) is 1. The van der Waals surface area contributed by atoms with Crippen molar-refractivity contribution in [1.82, 2.24) is 4.98 Å². The maximum atomic E-state index is 10.0. The predicted molar refractivity (Wildman–Crippen MR) is 64.3 cm³/mol. The topological polar surface area (TPSA) is 42.4 Å². The number of aromatic nitrogens is 1. The van der Waals surface area contributed by atoms with Crippen molar-refractivity contribution in [2.24, 2.45) is 0 Å². The first kappa shape index (κ1) is 13.1. The van der Waals surface area contributed by atoms with Gasteiger partial charge in [-0.25, -0.2) is 0 Å². The second kappa shape index (κ2) is 5.41. The molecule has 16 heavy (non-hydrogen) atoms. The molecule has 3 nitrogen and oxygen atoms in total. The first-order valence-electron chi connectivity index (χ1n) is 5.61. The van der Waals surface area contributed by atoms with Crippen molar-refractivity contribution in [2.75, 3.05) is 7.11 Å². The summed E-state index contributed by atoms with van der Waals surface area (Å²) in [5.41, 5.74) is 1.61. The monoisotopic (exact) mass is 223 g/mol. The molecule has 0 saturated heterocycles. The SMILES string of the molecule is COC(C)(C)CCC(O)c1ncccc1C. The zero-order valence-corrected chi connectivity index (χ0v) is 10.5. The van der Waals surface area contributed by atoms with Crippen LogP contribution in [0.1, 0.15) is 44.1 Å². The highest BCUT2D eigenvalue weighted by Crippen LogP contribution is 2.24. The van der Waals surface area contributed by atoms with E-state index in [0.29, 0.717) is 6.42 Å². The Hall–Kier alpha value is -0.930. The van der Waals surface area contributed by atoms with Crippen molar-refractivity contribution in [3.63, 3.8) is 0 Å². The van der Waals surface area contributed by atoms with Gasteiger partial charge in [-0.2, -0.15) is 0 Å². The minimum Gasteiger partial charge on any atom is -0.387 e. The molecule has 0 amide bonds. The molecule has 0 aromatic carbocycles. The second-order valence-corrected chi connectivity index (χ2v) is 4.72. The molecule has 0 bridgehead atoms. The summed E-state index contributed by atoms with van der Waals surface area (Å²) in [6.07, 6.45) is 2.68. The molecule has 0 radical (unpaired) electrons. The molecular formula is C13H21NO2. The highest BCUT2D eigenvalue weighted by Gasteiger charge is 2.20. The maximum Gasteiger partial charge on any atom is 0.0963 e. The van der Waals surface area contributed by atoms with Gasteiger partial charge in [-0.1, -0.05) is 6.07 Å². The van der Waals surface area contributed by atoms with Gasteiger partial charge in [0.1, 0.15) is 0 Å². The van der Waals surface area contributed by atoms with E-state index in [4.69, 9.17) is 4.74 Å². The average molecular weight is 223 g/mol. The number of aliphatic hydroxyl groups excluding tert-OH is 1. The zero-order chi connectivity index (χ0) is 12.2. The van der Waals surface area contributed by atoms with E-state index in [1.165, 1.54) is 0 Å². The van der Waals surface area contributed by atoms with Crippen LogP contribution in [0.15, 0.2) is 18.3 Å². The van der Waals surface area contributed by atoms with Crippen LogP contribution in [0.25, 0.3) is 0 Å². The molecule has 1 aromatic heterocycles. The Morgan fingerprint density at radius 1 is 1.50 bits per heavy atom. The van der Waals surface area contributed by atoms with Crippen LogP contribution < -0.4 is 0 Å². The number of rotatable bonds is 5. The number of aryl methyl sites for hydroxylation is 1. The predicted octanol–water partition coefficient (Wildman–Crippen LogP) is 2.63. The van der Waals surface area contributed by atoms with Crippen molar-refractivity contribution in [1.29, 1.82) is 0 Å². The third-order valence-corrected chi connectivity index (χ3v) is 2.94. The molecule has 1 N–H and O–H groups in total. The highest BCUT2D eigenvalue weighted by molar-refractivity contribution is 5.19. The number of aliphatic hydroxyl groups is 1. The van der Waals surface area contributed by atoms with E-state index in [1.54, 1.807) is 13.3 Å². The minimum atomic E-state index is -0.504. The van der Waals surface area contributed by atoms with Gasteiger partial charge < -0.3 is 9.84 Å². The van der Waals surface area contributed by atoms with E-state index in [-0.39, 0.29) is 5.60 Å². The standard InChI is InChI=1S/C13H21NO2/c1-10-6-5-9-14-12(10)11(15)7-8-13(2,3)16-4/h5-6,9,11,15H,7-8H2,1-4H3. The summed E-state index contributed by atoms with van der Waals surface area (Å²) in [5, 5.41) is 10.0. The van der Waals surface area contributed by atoms with Crippen LogP contribution in [0.5, 0.6) is 0 Å². The zero-order valence-electron chi connectivity index (χ0n) is 10.5. The molecule has 0 aliphatic rings. The molecule has 1 aromatic rings. The quantitative estimate of drug-likeness (QED) is 0.834. The number of pyridine rings is 1. The maximum absolute atomic E-state index is 10.0. The van der Waals surface area contributed by atoms with Crippen molar-refractivity contribution >= 4 is 0 Å². The van der Waals surface area contributed by atoms with Crippen LogP contribution in [0.2, 0.25) is 0 Å². The number of hydrogen-bond acceptors (Lipinski definition) is 3. The van der Waals surface area contributed by atoms with E-state index in [0.717, 1.165) is 17.7 Å². The van der Waals surface area contributed by atoms with Gasteiger partial charge in [-0.05, 0) is 45.2 Å². The number of nitrogens with zero attached hydrogens (tertiary/aromatic N) is 1. The lowest BCUT2D eigenvalue weighted by atomic mass is 9.97. The van der Waals surface area contributed by atoms with Gasteiger partial charge in [-0.15, -0.1) is 0 Å². The van der Waals surface area contributed by atoms with Crippen LogP contribution in [0.3, 0.4) is 0 Å². The summed E-state index contributed by atoms with van der Waals surface area (Å²) in [7, 11) is 1.69. The lowest BCUT2D eigenvalue weighted by Crippen LogP contribution is -2.23.